The highest BCUT2D eigenvalue weighted by molar-refractivity contribution is 14.0. The van der Waals surface area contributed by atoms with E-state index in [0.717, 1.165) is 25.5 Å². The maximum absolute atomic E-state index is 5.46. The zero-order valence-corrected chi connectivity index (χ0v) is 17.5. The molecule has 0 bridgehead atoms. The van der Waals surface area contributed by atoms with Crippen LogP contribution in [0.25, 0.3) is 0 Å². The number of benzene rings is 1. The lowest BCUT2D eigenvalue weighted by Gasteiger charge is -2.12. The van der Waals surface area contributed by atoms with Crippen molar-refractivity contribution < 1.29 is 9.47 Å². The monoisotopic (exact) mass is 449 g/mol. The van der Waals surface area contributed by atoms with Crippen LogP contribution < -0.4 is 10.6 Å². The average Bonchev–Trinajstić information content (AvgIpc) is 2.56. The minimum absolute atomic E-state index is 0. The van der Waals surface area contributed by atoms with Crippen molar-refractivity contribution in [1.82, 2.24) is 10.6 Å². The van der Waals surface area contributed by atoms with E-state index in [1.165, 1.54) is 17.5 Å². The van der Waals surface area contributed by atoms with Crippen LogP contribution in [0.15, 0.2) is 29.3 Å². The van der Waals surface area contributed by atoms with Crippen molar-refractivity contribution in [2.75, 3.05) is 40.0 Å². The second kappa shape index (κ2) is 15.7. The Kier molecular flexibility index (Phi) is 15.1. The van der Waals surface area contributed by atoms with E-state index in [1.807, 2.05) is 0 Å². The summed E-state index contributed by atoms with van der Waals surface area (Å²) in [5.41, 5.74) is 2.48. The zero-order chi connectivity index (χ0) is 16.8. The van der Waals surface area contributed by atoms with E-state index in [-0.39, 0.29) is 24.0 Å². The fourth-order valence-electron chi connectivity index (χ4n) is 1.91. The highest BCUT2D eigenvalue weighted by atomic mass is 127. The lowest BCUT2D eigenvalue weighted by molar-refractivity contribution is 0.0733. The molecule has 0 heterocycles. The van der Waals surface area contributed by atoms with Gasteiger partial charge in [-0.05, 0) is 18.9 Å². The van der Waals surface area contributed by atoms with Gasteiger partial charge in [0.2, 0.25) is 0 Å². The third-order valence-electron chi connectivity index (χ3n) is 3.33. The number of nitrogens with zero attached hydrogens (tertiary/aromatic N) is 1. The Morgan fingerprint density at radius 1 is 1.04 bits per heavy atom. The fraction of sp³-hybridized carbons (Fsp3) is 0.611. The van der Waals surface area contributed by atoms with Crippen LogP contribution >= 0.6 is 24.0 Å². The molecule has 24 heavy (non-hydrogen) atoms. The zero-order valence-electron chi connectivity index (χ0n) is 15.1. The first kappa shape index (κ1) is 23.1. The topological polar surface area (TPSA) is 54.9 Å². The highest BCUT2D eigenvalue weighted by Crippen LogP contribution is 2.04. The third kappa shape index (κ3) is 11.6. The summed E-state index contributed by atoms with van der Waals surface area (Å²) in [7, 11) is 1.68. The number of halogens is 1. The SMILES string of the molecule is CCCCNC(=NCc1ccc(C)cc1)NCCOCCOC.I. The van der Waals surface area contributed by atoms with Crippen molar-refractivity contribution in [3.05, 3.63) is 35.4 Å². The van der Waals surface area contributed by atoms with E-state index in [0.29, 0.717) is 26.4 Å². The van der Waals surface area contributed by atoms with Gasteiger partial charge in [0.1, 0.15) is 0 Å². The van der Waals surface area contributed by atoms with Gasteiger partial charge < -0.3 is 20.1 Å². The van der Waals surface area contributed by atoms with Gasteiger partial charge in [-0.2, -0.15) is 0 Å². The first-order valence-electron chi connectivity index (χ1n) is 8.40. The van der Waals surface area contributed by atoms with Crippen LogP contribution in [0.1, 0.15) is 30.9 Å². The quantitative estimate of drug-likeness (QED) is 0.236. The Balaban J connectivity index is 0.00000529. The van der Waals surface area contributed by atoms with Gasteiger partial charge in [-0.25, -0.2) is 4.99 Å². The first-order valence-corrected chi connectivity index (χ1v) is 8.40. The molecule has 1 aromatic rings. The molecule has 0 amide bonds. The molecule has 1 rings (SSSR count). The van der Waals surface area contributed by atoms with E-state index in [9.17, 15) is 0 Å². The molecule has 138 valence electrons. The molecule has 0 aliphatic heterocycles. The van der Waals surface area contributed by atoms with Crippen molar-refractivity contribution in [3.8, 4) is 0 Å². The van der Waals surface area contributed by atoms with Crippen molar-refractivity contribution in [1.29, 1.82) is 0 Å². The van der Waals surface area contributed by atoms with Crippen LogP contribution in [0.2, 0.25) is 0 Å². The summed E-state index contributed by atoms with van der Waals surface area (Å²) in [4.78, 5) is 4.64. The molecule has 6 heteroatoms. The number of aryl methyl sites for hydroxylation is 1. The summed E-state index contributed by atoms with van der Waals surface area (Å²) in [5, 5.41) is 6.67. The van der Waals surface area contributed by atoms with Gasteiger partial charge in [0.25, 0.3) is 0 Å². The highest BCUT2D eigenvalue weighted by Gasteiger charge is 1.99. The van der Waals surface area contributed by atoms with Crippen LogP contribution in [-0.2, 0) is 16.0 Å². The molecule has 0 radical (unpaired) electrons. The molecular weight excluding hydrogens is 417 g/mol. The van der Waals surface area contributed by atoms with Crippen LogP contribution in [-0.4, -0.2) is 46.0 Å². The fourth-order valence-corrected chi connectivity index (χ4v) is 1.91. The van der Waals surface area contributed by atoms with Gasteiger partial charge in [0.05, 0.1) is 26.4 Å². The van der Waals surface area contributed by atoms with Crippen LogP contribution in [0, 0.1) is 6.92 Å². The number of hydrogen-bond donors (Lipinski definition) is 2. The van der Waals surface area contributed by atoms with Gasteiger partial charge in [0, 0.05) is 20.2 Å². The summed E-state index contributed by atoms with van der Waals surface area (Å²) in [6.45, 7) is 8.50. The van der Waals surface area contributed by atoms with Gasteiger partial charge in [-0.1, -0.05) is 43.2 Å². The minimum atomic E-state index is 0. The average molecular weight is 449 g/mol. The Morgan fingerprint density at radius 3 is 2.42 bits per heavy atom. The summed E-state index contributed by atoms with van der Waals surface area (Å²) in [5.74, 6) is 0.842. The molecule has 0 aliphatic rings. The molecule has 0 aromatic heterocycles. The predicted octanol–water partition coefficient (Wildman–Crippen LogP) is 3.11. The maximum Gasteiger partial charge on any atom is 0.191 e. The lowest BCUT2D eigenvalue weighted by Crippen LogP contribution is -2.39. The maximum atomic E-state index is 5.46. The van der Waals surface area contributed by atoms with Crippen LogP contribution in [0.3, 0.4) is 0 Å². The molecule has 0 saturated heterocycles. The predicted molar refractivity (Wildman–Crippen MR) is 111 cm³/mol. The van der Waals surface area contributed by atoms with Crippen molar-refractivity contribution in [2.24, 2.45) is 4.99 Å². The molecule has 5 nitrogen and oxygen atoms in total. The Bertz CT molecular complexity index is 438. The van der Waals surface area contributed by atoms with Crippen molar-refractivity contribution >= 4 is 29.9 Å². The normalized spacial score (nSPS) is 11.0. The number of hydrogen-bond acceptors (Lipinski definition) is 3. The molecule has 0 spiro atoms. The summed E-state index contributed by atoms with van der Waals surface area (Å²) < 4.78 is 10.4. The second-order valence-corrected chi connectivity index (χ2v) is 5.46. The summed E-state index contributed by atoms with van der Waals surface area (Å²) in [6.07, 6.45) is 2.30. The van der Waals surface area contributed by atoms with Crippen LogP contribution in [0.4, 0.5) is 0 Å². The molecule has 1 aromatic carbocycles. The Hall–Kier alpha value is -0.860. The number of ether oxygens (including phenoxy) is 2. The third-order valence-corrected chi connectivity index (χ3v) is 3.33. The molecule has 0 atom stereocenters. The Morgan fingerprint density at radius 2 is 1.75 bits per heavy atom. The summed E-state index contributed by atoms with van der Waals surface area (Å²) >= 11 is 0. The number of nitrogens with one attached hydrogen (secondary N) is 2. The number of aliphatic imine (C=N–C) groups is 1. The van der Waals surface area contributed by atoms with E-state index >= 15 is 0 Å². The van der Waals surface area contributed by atoms with E-state index in [1.54, 1.807) is 7.11 Å². The Labute approximate surface area is 163 Å². The molecule has 0 fully saturated rings. The number of methoxy groups -OCH3 is 1. The van der Waals surface area contributed by atoms with Crippen molar-refractivity contribution in [2.45, 2.75) is 33.2 Å². The number of rotatable bonds is 11. The first-order chi connectivity index (χ1) is 11.3. The number of guanidine groups is 1. The second-order valence-electron chi connectivity index (χ2n) is 5.46. The molecule has 0 aliphatic carbocycles. The van der Waals surface area contributed by atoms with Gasteiger partial charge in [0.15, 0.2) is 5.96 Å². The smallest absolute Gasteiger partial charge is 0.191 e. The minimum Gasteiger partial charge on any atom is -0.382 e. The standard InChI is InChI=1S/C18H31N3O2.HI/c1-4-5-10-19-18(20-11-12-23-14-13-22-3)21-15-17-8-6-16(2)7-9-17;/h6-9H,4-5,10-15H2,1-3H3,(H2,19,20,21);1H. The van der Waals surface area contributed by atoms with Crippen molar-refractivity contribution in [3.63, 3.8) is 0 Å². The van der Waals surface area contributed by atoms with E-state index in [2.05, 4.69) is 53.7 Å². The van der Waals surface area contributed by atoms with Gasteiger partial charge in [-0.15, -0.1) is 24.0 Å². The summed E-state index contributed by atoms with van der Waals surface area (Å²) in [6, 6.07) is 8.48. The molecule has 0 saturated carbocycles. The molecule has 2 N–H and O–H groups in total. The number of unbranched alkanes of at least 4 members (excludes halogenated alkanes) is 1. The van der Waals surface area contributed by atoms with Crippen LogP contribution in [0.5, 0.6) is 0 Å². The van der Waals surface area contributed by atoms with E-state index < -0.39 is 0 Å². The molecule has 0 unspecified atom stereocenters. The lowest BCUT2D eigenvalue weighted by atomic mass is 10.1. The molecular formula is C18H32IN3O2. The van der Waals surface area contributed by atoms with E-state index in [4.69, 9.17) is 9.47 Å². The van der Waals surface area contributed by atoms with Gasteiger partial charge >= 0.3 is 0 Å². The van der Waals surface area contributed by atoms with Gasteiger partial charge in [-0.3, -0.25) is 0 Å². The largest absolute Gasteiger partial charge is 0.382 e.